The van der Waals surface area contributed by atoms with Crippen LogP contribution in [0, 0.1) is 0 Å². The van der Waals surface area contributed by atoms with Crippen molar-refractivity contribution in [3.05, 3.63) is 36.2 Å². The molecule has 21 heavy (non-hydrogen) atoms. The van der Waals surface area contributed by atoms with Crippen LogP contribution in [-0.2, 0) is 10.8 Å². The Labute approximate surface area is 127 Å². The van der Waals surface area contributed by atoms with Crippen molar-refractivity contribution < 1.29 is 4.21 Å². The summed E-state index contributed by atoms with van der Waals surface area (Å²) in [6, 6.07) is 8.64. The Morgan fingerprint density at radius 1 is 1.38 bits per heavy atom. The molecule has 0 amide bonds. The average Bonchev–Trinajstić information content (AvgIpc) is 2.99. The van der Waals surface area contributed by atoms with Crippen molar-refractivity contribution in [2.45, 2.75) is 32.4 Å². The number of aromatic nitrogens is 4. The van der Waals surface area contributed by atoms with E-state index >= 15 is 0 Å². The van der Waals surface area contributed by atoms with E-state index in [1.165, 1.54) is 5.56 Å². The predicted molar refractivity (Wildman–Crippen MR) is 83.7 cm³/mol. The summed E-state index contributed by atoms with van der Waals surface area (Å²) in [5, 5.41) is 14.7. The number of benzene rings is 1. The van der Waals surface area contributed by atoms with Gasteiger partial charge in [-0.05, 0) is 48.4 Å². The van der Waals surface area contributed by atoms with E-state index in [1.54, 1.807) is 17.3 Å². The van der Waals surface area contributed by atoms with Crippen LogP contribution in [0.15, 0.2) is 30.6 Å². The molecule has 1 aromatic carbocycles. The Bertz CT molecular complexity index is 587. The summed E-state index contributed by atoms with van der Waals surface area (Å²) in [6.07, 6.45) is 4.22. The molecule has 0 aliphatic carbocycles. The molecule has 0 radical (unpaired) electrons. The molecule has 3 unspecified atom stereocenters. The van der Waals surface area contributed by atoms with Crippen LogP contribution < -0.4 is 5.32 Å². The zero-order valence-corrected chi connectivity index (χ0v) is 13.4. The van der Waals surface area contributed by atoms with Crippen molar-refractivity contribution in [3.63, 3.8) is 0 Å². The normalized spacial score (nSPS) is 15.6. The summed E-state index contributed by atoms with van der Waals surface area (Å²) in [5.41, 5.74) is 2.11. The number of rotatable bonds is 7. The van der Waals surface area contributed by atoms with E-state index in [4.69, 9.17) is 0 Å². The second-order valence-electron chi connectivity index (χ2n) is 5.20. The fraction of sp³-hybridized carbons (Fsp3) is 0.500. The molecular formula is C14H21N5OS. The van der Waals surface area contributed by atoms with Gasteiger partial charge in [-0.1, -0.05) is 12.1 Å². The van der Waals surface area contributed by atoms with Gasteiger partial charge in [-0.25, -0.2) is 4.68 Å². The minimum atomic E-state index is -0.735. The Balaban J connectivity index is 2.01. The van der Waals surface area contributed by atoms with Gasteiger partial charge in [-0.3, -0.25) is 4.21 Å². The lowest BCUT2D eigenvalue weighted by atomic mass is 10.1. The second kappa shape index (κ2) is 7.42. The zero-order valence-electron chi connectivity index (χ0n) is 12.6. The fourth-order valence-electron chi connectivity index (χ4n) is 2.17. The summed E-state index contributed by atoms with van der Waals surface area (Å²) >= 11 is 0. The van der Waals surface area contributed by atoms with Crippen LogP contribution in [0.4, 0.5) is 0 Å². The van der Waals surface area contributed by atoms with Crippen molar-refractivity contribution in [3.8, 4) is 5.69 Å². The molecule has 3 atom stereocenters. The number of nitrogens with zero attached hydrogens (tertiary/aromatic N) is 4. The first-order valence-electron chi connectivity index (χ1n) is 6.95. The summed E-state index contributed by atoms with van der Waals surface area (Å²) < 4.78 is 12.8. The molecule has 1 N–H and O–H groups in total. The minimum absolute atomic E-state index is 0.210. The SMILES string of the molecule is CC(CCS(C)=O)NC(C)c1cccc(-n2cnnn2)c1. The van der Waals surface area contributed by atoms with E-state index in [0.717, 1.165) is 17.9 Å². The standard InChI is InChI=1S/C14H21N5OS/c1-11(7-8-21(3)20)16-12(2)13-5-4-6-14(9-13)19-10-15-17-18-19/h4-6,9-12,16H,7-8H2,1-3H3. The molecule has 0 bridgehead atoms. The molecule has 0 saturated heterocycles. The maximum absolute atomic E-state index is 11.1. The van der Waals surface area contributed by atoms with Crippen LogP contribution in [0.1, 0.15) is 31.9 Å². The summed E-state index contributed by atoms with van der Waals surface area (Å²) in [6.45, 7) is 4.24. The fourth-order valence-corrected chi connectivity index (χ4v) is 2.85. The third-order valence-corrected chi connectivity index (χ3v) is 4.17. The Hall–Kier alpha value is -1.60. The zero-order chi connectivity index (χ0) is 15.2. The van der Waals surface area contributed by atoms with Gasteiger partial charge in [0.2, 0.25) is 0 Å². The number of nitrogens with one attached hydrogen (secondary N) is 1. The highest BCUT2D eigenvalue weighted by Crippen LogP contribution is 2.17. The number of hydrogen-bond acceptors (Lipinski definition) is 5. The van der Waals surface area contributed by atoms with E-state index in [1.807, 2.05) is 12.1 Å². The van der Waals surface area contributed by atoms with Crippen LogP contribution in [0.3, 0.4) is 0 Å². The molecule has 6 nitrogen and oxygen atoms in total. The molecule has 0 spiro atoms. The molecule has 2 aromatic rings. The maximum atomic E-state index is 11.1. The molecule has 114 valence electrons. The van der Waals surface area contributed by atoms with Crippen molar-refractivity contribution in [1.29, 1.82) is 0 Å². The third kappa shape index (κ3) is 4.71. The van der Waals surface area contributed by atoms with E-state index in [2.05, 4.69) is 46.8 Å². The Morgan fingerprint density at radius 2 is 2.19 bits per heavy atom. The Kier molecular flexibility index (Phi) is 5.58. The topological polar surface area (TPSA) is 72.7 Å². The first-order chi connectivity index (χ1) is 10.1. The molecule has 7 heteroatoms. The summed E-state index contributed by atoms with van der Waals surface area (Å²) in [5.74, 6) is 0.728. The van der Waals surface area contributed by atoms with Gasteiger partial charge in [0.25, 0.3) is 0 Å². The Morgan fingerprint density at radius 3 is 2.86 bits per heavy atom. The van der Waals surface area contributed by atoms with Gasteiger partial charge in [-0.2, -0.15) is 0 Å². The second-order valence-corrected chi connectivity index (χ2v) is 6.76. The lowest BCUT2D eigenvalue weighted by Gasteiger charge is -2.20. The van der Waals surface area contributed by atoms with Crippen molar-refractivity contribution in [2.75, 3.05) is 12.0 Å². The first kappa shape index (κ1) is 15.8. The quantitative estimate of drug-likeness (QED) is 0.838. The third-order valence-electron chi connectivity index (χ3n) is 3.36. The van der Waals surface area contributed by atoms with Gasteiger partial charge >= 0.3 is 0 Å². The molecule has 0 aliphatic rings. The highest BCUT2D eigenvalue weighted by atomic mass is 32.2. The van der Waals surface area contributed by atoms with Crippen LogP contribution in [0.25, 0.3) is 5.69 Å². The number of tetrazole rings is 1. The summed E-state index contributed by atoms with van der Waals surface area (Å²) in [4.78, 5) is 0. The van der Waals surface area contributed by atoms with Gasteiger partial charge < -0.3 is 5.32 Å². The minimum Gasteiger partial charge on any atom is -0.308 e. The molecule has 0 aliphatic heterocycles. The molecule has 1 heterocycles. The molecule has 0 fully saturated rings. The summed E-state index contributed by atoms with van der Waals surface area (Å²) in [7, 11) is -0.735. The van der Waals surface area contributed by atoms with Gasteiger partial charge in [0, 0.05) is 34.9 Å². The van der Waals surface area contributed by atoms with Crippen molar-refractivity contribution in [1.82, 2.24) is 25.5 Å². The first-order valence-corrected chi connectivity index (χ1v) is 8.68. The van der Waals surface area contributed by atoms with E-state index in [9.17, 15) is 4.21 Å². The maximum Gasteiger partial charge on any atom is 0.143 e. The largest absolute Gasteiger partial charge is 0.308 e. The van der Waals surface area contributed by atoms with Gasteiger partial charge in [0.1, 0.15) is 6.33 Å². The predicted octanol–water partition coefficient (Wildman–Crippen LogP) is 1.47. The molecule has 0 saturated carbocycles. The highest BCUT2D eigenvalue weighted by Gasteiger charge is 2.11. The lowest BCUT2D eigenvalue weighted by Crippen LogP contribution is -2.30. The van der Waals surface area contributed by atoms with E-state index in [-0.39, 0.29) is 6.04 Å². The lowest BCUT2D eigenvalue weighted by molar-refractivity contribution is 0.470. The smallest absolute Gasteiger partial charge is 0.143 e. The monoisotopic (exact) mass is 307 g/mol. The van der Waals surface area contributed by atoms with Crippen LogP contribution in [0.5, 0.6) is 0 Å². The van der Waals surface area contributed by atoms with Crippen LogP contribution in [0.2, 0.25) is 0 Å². The van der Waals surface area contributed by atoms with Crippen LogP contribution in [-0.4, -0.2) is 42.5 Å². The molecule has 1 aromatic heterocycles. The highest BCUT2D eigenvalue weighted by molar-refractivity contribution is 7.84. The van der Waals surface area contributed by atoms with Crippen LogP contribution >= 0.6 is 0 Å². The molecular weight excluding hydrogens is 286 g/mol. The van der Waals surface area contributed by atoms with E-state index < -0.39 is 10.8 Å². The van der Waals surface area contributed by atoms with Crippen molar-refractivity contribution >= 4 is 10.8 Å². The number of hydrogen-bond donors (Lipinski definition) is 1. The average molecular weight is 307 g/mol. The van der Waals surface area contributed by atoms with Gasteiger partial charge in [-0.15, -0.1) is 5.10 Å². The van der Waals surface area contributed by atoms with Gasteiger partial charge in [0.05, 0.1) is 5.69 Å². The van der Waals surface area contributed by atoms with Crippen molar-refractivity contribution in [2.24, 2.45) is 0 Å². The van der Waals surface area contributed by atoms with E-state index in [0.29, 0.717) is 6.04 Å². The molecule has 2 rings (SSSR count). The van der Waals surface area contributed by atoms with Gasteiger partial charge in [0.15, 0.2) is 0 Å².